The summed E-state index contributed by atoms with van der Waals surface area (Å²) < 4.78 is 13.3. The first-order chi connectivity index (χ1) is 16.6. The summed E-state index contributed by atoms with van der Waals surface area (Å²) in [5.41, 5.74) is -0.461. The summed E-state index contributed by atoms with van der Waals surface area (Å²) in [6.07, 6.45) is 0.707. The van der Waals surface area contributed by atoms with E-state index in [1.807, 2.05) is 0 Å². The number of Topliss-reactive ketones (excluding diaryl/α,β-unsaturated/α-hetero) is 1. The molecule has 3 amide bonds. The van der Waals surface area contributed by atoms with E-state index in [1.165, 1.54) is 30.3 Å². The molecule has 0 bridgehead atoms. The number of hydrazine groups is 1. The largest absolute Gasteiger partial charge is 0.292 e. The number of nitro benzene ring substituents is 1. The van der Waals surface area contributed by atoms with E-state index in [0.29, 0.717) is 17.9 Å². The van der Waals surface area contributed by atoms with Crippen LogP contribution in [0.1, 0.15) is 33.6 Å². The highest BCUT2D eigenvalue weighted by Gasteiger charge is 2.54. The van der Waals surface area contributed by atoms with Gasteiger partial charge in [0.1, 0.15) is 12.4 Å². The Balaban J connectivity index is 1.72. The van der Waals surface area contributed by atoms with Gasteiger partial charge >= 0.3 is 0 Å². The van der Waals surface area contributed by atoms with Gasteiger partial charge in [-0.15, -0.1) is 0 Å². The fourth-order valence-corrected chi connectivity index (χ4v) is 5.55. The van der Waals surface area contributed by atoms with Crippen molar-refractivity contribution in [2.75, 3.05) is 6.54 Å². The lowest BCUT2D eigenvalue weighted by Crippen LogP contribution is -2.52. The van der Waals surface area contributed by atoms with Gasteiger partial charge in [0.2, 0.25) is 0 Å². The third-order valence-electron chi connectivity index (χ3n) is 6.13. The molecule has 2 aromatic rings. The Labute approximate surface area is 215 Å². The van der Waals surface area contributed by atoms with Gasteiger partial charge in [0, 0.05) is 32.9 Å². The smallest absolute Gasteiger partial charge is 0.273 e. The number of ketones is 1. The first kappa shape index (κ1) is 25.1. The summed E-state index contributed by atoms with van der Waals surface area (Å²) in [5.74, 6) is -4.71. The SMILES string of the molecule is O=C(CN(C(=O)c1cccc([N+](=O)[O-])c1)N1C(=O)[C@@H]2C[C@@H](Br)[C@@H](Br)C[C@H]2C1=O)c1ccc(F)cc1. The number of non-ortho nitro benzene ring substituents is 1. The molecular formula is C23H18Br2FN3O6. The second kappa shape index (κ2) is 9.94. The summed E-state index contributed by atoms with van der Waals surface area (Å²) in [6, 6.07) is 9.41. The Morgan fingerprint density at radius 2 is 1.57 bits per heavy atom. The Hall–Kier alpha value is -2.99. The first-order valence-electron chi connectivity index (χ1n) is 10.6. The van der Waals surface area contributed by atoms with E-state index < -0.39 is 52.6 Å². The second-order valence-electron chi connectivity index (χ2n) is 8.30. The van der Waals surface area contributed by atoms with Crippen LogP contribution in [0.3, 0.4) is 0 Å². The van der Waals surface area contributed by atoms with Crippen LogP contribution in [0.2, 0.25) is 0 Å². The van der Waals surface area contributed by atoms with E-state index in [1.54, 1.807) is 0 Å². The molecule has 2 aromatic carbocycles. The molecule has 0 N–H and O–H groups in total. The second-order valence-corrected chi connectivity index (χ2v) is 10.7. The minimum absolute atomic E-state index is 0.0674. The highest BCUT2D eigenvalue weighted by Crippen LogP contribution is 2.43. The van der Waals surface area contributed by atoms with Gasteiger partial charge in [-0.1, -0.05) is 37.9 Å². The average Bonchev–Trinajstić information content (AvgIpc) is 3.06. The van der Waals surface area contributed by atoms with E-state index in [-0.39, 0.29) is 26.5 Å². The molecule has 35 heavy (non-hydrogen) atoms. The Bertz CT molecular complexity index is 1200. The molecule has 1 aliphatic heterocycles. The normalized spacial score (nSPS) is 23.7. The zero-order valence-electron chi connectivity index (χ0n) is 18.0. The van der Waals surface area contributed by atoms with Crippen LogP contribution in [-0.2, 0) is 9.59 Å². The Morgan fingerprint density at radius 1 is 1.00 bits per heavy atom. The number of carbonyl (C=O) groups excluding carboxylic acids is 4. The number of halogens is 3. The maximum absolute atomic E-state index is 13.5. The van der Waals surface area contributed by atoms with Crippen LogP contribution >= 0.6 is 31.9 Å². The van der Waals surface area contributed by atoms with Crippen molar-refractivity contribution in [3.8, 4) is 0 Å². The Morgan fingerprint density at radius 3 is 2.11 bits per heavy atom. The number of nitrogens with zero attached hydrogens (tertiary/aromatic N) is 3. The topological polar surface area (TPSA) is 118 Å². The van der Waals surface area contributed by atoms with Crippen molar-refractivity contribution in [1.82, 2.24) is 10.0 Å². The quantitative estimate of drug-likeness (QED) is 0.161. The highest BCUT2D eigenvalue weighted by atomic mass is 79.9. The van der Waals surface area contributed by atoms with Crippen LogP contribution in [0, 0.1) is 27.8 Å². The van der Waals surface area contributed by atoms with E-state index >= 15 is 0 Å². The van der Waals surface area contributed by atoms with Gasteiger partial charge in [0.15, 0.2) is 5.78 Å². The van der Waals surface area contributed by atoms with Gasteiger partial charge in [0.05, 0.1) is 16.8 Å². The molecule has 1 heterocycles. The summed E-state index contributed by atoms with van der Waals surface area (Å²) in [7, 11) is 0. The number of alkyl halides is 2. The molecule has 0 radical (unpaired) electrons. The van der Waals surface area contributed by atoms with Gasteiger partial charge in [0.25, 0.3) is 23.4 Å². The first-order valence-corrected chi connectivity index (χ1v) is 12.4. The molecule has 2 fully saturated rings. The van der Waals surface area contributed by atoms with Gasteiger partial charge < -0.3 is 0 Å². The predicted molar refractivity (Wildman–Crippen MR) is 128 cm³/mol. The lowest BCUT2D eigenvalue weighted by molar-refractivity contribution is -0.384. The van der Waals surface area contributed by atoms with Crippen LogP contribution in [0.15, 0.2) is 48.5 Å². The van der Waals surface area contributed by atoms with Crippen LogP contribution in [0.25, 0.3) is 0 Å². The van der Waals surface area contributed by atoms with Crippen molar-refractivity contribution in [3.05, 3.63) is 75.6 Å². The van der Waals surface area contributed by atoms with Gasteiger partial charge in [-0.3, -0.25) is 29.3 Å². The Kier molecular flexibility index (Phi) is 7.13. The number of nitro groups is 1. The molecule has 0 spiro atoms. The van der Waals surface area contributed by atoms with Gasteiger partial charge in [-0.25, -0.2) is 9.40 Å². The molecule has 2 aliphatic rings. The zero-order valence-corrected chi connectivity index (χ0v) is 21.1. The van der Waals surface area contributed by atoms with Crippen molar-refractivity contribution in [2.45, 2.75) is 22.5 Å². The minimum Gasteiger partial charge on any atom is -0.292 e. The van der Waals surface area contributed by atoms with E-state index in [0.717, 1.165) is 23.2 Å². The third kappa shape index (κ3) is 4.90. The lowest BCUT2D eigenvalue weighted by Gasteiger charge is -2.30. The molecule has 4 atom stereocenters. The van der Waals surface area contributed by atoms with Crippen molar-refractivity contribution in [2.24, 2.45) is 11.8 Å². The molecule has 4 rings (SSSR count). The summed E-state index contributed by atoms with van der Waals surface area (Å²) in [6.45, 7) is -0.695. The number of imide groups is 1. The summed E-state index contributed by atoms with van der Waals surface area (Å²) >= 11 is 7.00. The molecule has 1 saturated heterocycles. The number of carbonyl (C=O) groups is 4. The van der Waals surface area contributed by atoms with Crippen molar-refractivity contribution in [1.29, 1.82) is 0 Å². The number of fused-ring (bicyclic) bond motifs is 1. The van der Waals surface area contributed by atoms with Crippen molar-refractivity contribution >= 4 is 61.1 Å². The molecular weight excluding hydrogens is 593 g/mol. The van der Waals surface area contributed by atoms with E-state index in [4.69, 9.17) is 0 Å². The molecule has 12 heteroatoms. The van der Waals surface area contributed by atoms with Crippen molar-refractivity contribution < 1.29 is 28.5 Å². The fourth-order valence-electron chi connectivity index (χ4n) is 4.31. The number of amides is 3. The molecule has 0 aromatic heterocycles. The number of hydrogen-bond acceptors (Lipinski definition) is 6. The standard InChI is InChI=1S/C23H18Br2FN3O6/c24-18-9-16-17(10-19(18)25)23(33)28(22(16)32)27(11-20(30)12-4-6-14(26)7-5-12)21(31)13-2-1-3-15(8-13)29(34)35/h1-8,16-19H,9-11H2/t16-,17-,18-,19+/m1/s1. The van der Waals surface area contributed by atoms with E-state index in [9.17, 15) is 33.7 Å². The maximum atomic E-state index is 13.5. The van der Waals surface area contributed by atoms with E-state index in [2.05, 4.69) is 31.9 Å². The molecule has 0 unspecified atom stereocenters. The highest BCUT2D eigenvalue weighted by molar-refractivity contribution is 9.12. The van der Waals surface area contributed by atoms with Crippen LogP contribution in [0.4, 0.5) is 10.1 Å². The lowest BCUT2D eigenvalue weighted by atomic mass is 9.81. The molecule has 9 nitrogen and oxygen atoms in total. The summed E-state index contributed by atoms with van der Waals surface area (Å²) in [4.78, 5) is 63.5. The molecule has 1 aliphatic carbocycles. The minimum atomic E-state index is -0.921. The number of benzene rings is 2. The van der Waals surface area contributed by atoms with Gasteiger partial charge in [-0.05, 0) is 43.2 Å². The van der Waals surface area contributed by atoms with Crippen molar-refractivity contribution in [3.63, 3.8) is 0 Å². The number of rotatable bonds is 6. The molecule has 182 valence electrons. The molecule has 1 saturated carbocycles. The third-order valence-corrected chi connectivity index (χ3v) is 8.86. The fraction of sp³-hybridized carbons (Fsp3) is 0.304. The summed E-state index contributed by atoms with van der Waals surface area (Å²) in [5, 5.41) is 12.6. The van der Waals surface area contributed by atoms with Crippen LogP contribution in [0.5, 0.6) is 0 Å². The van der Waals surface area contributed by atoms with Gasteiger partial charge in [-0.2, -0.15) is 5.01 Å². The monoisotopic (exact) mass is 609 g/mol. The van der Waals surface area contributed by atoms with Crippen LogP contribution < -0.4 is 0 Å². The van der Waals surface area contributed by atoms with Crippen LogP contribution in [-0.4, -0.2) is 54.6 Å². The predicted octanol–water partition coefficient (Wildman–Crippen LogP) is 3.90. The maximum Gasteiger partial charge on any atom is 0.273 e. The zero-order chi connectivity index (χ0) is 25.4. The number of hydrogen-bond donors (Lipinski definition) is 0. The average molecular weight is 611 g/mol.